The molecule has 1 fully saturated rings. The Morgan fingerprint density at radius 2 is 1.83 bits per heavy atom. The Kier molecular flexibility index (Phi) is 8.39. The summed E-state index contributed by atoms with van der Waals surface area (Å²) in [5.74, 6) is 2.23. The highest BCUT2D eigenvalue weighted by Gasteiger charge is 2.22. The van der Waals surface area contributed by atoms with Gasteiger partial charge < -0.3 is 9.47 Å². The summed E-state index contributed by atoms with van der Waals surface area (Å²) < 4.78 is 15.3. The van der Waals surface area contributed by atoms with Gasteiger partial charge in [-0.15, -0.1) is 0 Å². The fourth-order valence-electron chi connectivity index (χ4n) is 5.55. The number of nitrogens with zero attached hydrogens (tertiary/aromatic N) is 3. The van der Waals surface area contributed by atoms with Crippen molar-refractivity contribution < 1.29 is 9.47 Å². The van der Waals surface area contributed by atoms with Crippen LogP contribution in [0.25, 0.3) is 21.7 Å². The molecule has 4 aromatic carbocycles. The van der Waals surface area contributed by atoms with Gasteiger partial charge in [-0.1, -0.05) is 77.7 Å². The molecule has 41 heavy (non-hydrogen) atoms. The molecule has 1 aliphatic rings. The molecule has 0 amide bonds. The molecule has 0 unspecified atom stereocenters. The average Bonchev–Trinajstić information content (AvgIpc) is 3.00. The standard InChI is InChI=1S/C33H29BrIN3O3/c1-40-30-17-21(16-28(35)31(30)41-20-24-12-7-11-22-8-5-6-13-26(22)24)19-36-38-32(23-9-3-2-4-10-23)37-29-15-14-25(34)18-27(29)33(38)39/h5-8,11-19,23H,2-4,9-10,20H2,1H3. The van der Waals surface area contributed by atoms with E-state index in [1.54, 1.807) is 13.3 Å². The highest BCUT2D eigenvalue weighted by atomic mass is 127. The molecule has 0 radical (unpaired) electrons. The molecule has 6 nitrogen and oxygen atoms in total. The van der Waals surface area contributed by atoms with Crippen molar-refractivity contribution in [3.8, 4) is 11.5 Å². The number of aromatic nitrogens is 2. The Bertz CT molecular complexity index is 1820. The largest absolute Gasteiger partial charge is 0.493 e. The Labute approximate surface area is 260 Å². The van der Waals surface area contributed by atoms with Crippen LogP contribution >= 0.6 is 38.5 Å². The topological polar surface area (TPSA) is 65.7 Å². The summed E-state index contributed by atoms with van der Waals surface area (Å²) in [5, 5.41) is 7.60. The third kappa shape index (κ3) is 5.90. The van der Waals surface area contributed by atoms with Crippen LogP contribution in [0.2, 0.25) is 0 Å². The lowest BCUT2D eigenvalue weighted by molar-refractivity contribution is 0.283. The van der Waals surface area contributed by atoms with E-state index < -0.39 is 0 Å². The van der Waals surface area contributed by atoms with Crippen LogP contribution in [0.5, 0.6) is 11.5 Å². The first-order valence-corrected chi connectivity index (χ1v) is 15.6. The lowest BCUT2D eigenvalue weighted by atomic mass is 9.88. The molecular formula is C33H29BrIN3O3. The van der Waals surface area contributed by atoms with Crippen LogP contribution in [0.3, 0.4) is 0 Å². The van der Waals surface area contributed by atoms with Gasteiger partial charge in [0.05, 0.1) is 27.8 Å². The Balaban J connectivity index is 1.33. The fourth-order valence-corrected chi connectivity index (χ4v) is 6.69. The minimum atomic E-state index is -0.162. The molecule has 0 saturated heterocycles. The summed E-state index contributed by atoms with van der Waals surface area (Å²) in [6, 6.07) is 24.0. The monoisotopic (exact) mass is 721 g/mol. The van der Waals surface area contributed by atoms with Crippen LogP contribution in [-0.2, 0) is 6.61 Å². The van der Waals surface area contributed by atoms with Crippen LogP contribution in [0.4, 0.5) is 0 Å². The first-order valence-electron chi connectivity index (χ1n) is 13.8. The second kappa shape index (κ2) is 12.3. The molecule has 208 valence electrons. The van der Waals surface area contributed by atoms with Crippen molar-refractivity contribution in [2.75, 3.05) is 7.11 Å². The van der Waals surface area contributed by atoms with Crippen LogP contribution in [-0.4, -0.2) is 23.0 Å². The van der Waals surface area contributed by atoms with Gasteiger partial charge in [-0.2, -0.15) is 9.78 Å². The zero-order valence-electron chi connectivity index (χ0n) is 22.6. The van der Waals surface area contributed by atoms with Crippen LogP contribution < -0.4 is 15.0 Å². The molecule has 0 spiro atoms. The molecule has 0 aliphatic heterocycles. The first-order chi connectivity index (χ1) is 20.0. The van der Waals surface area contributed by atoms with Crippen molar-refractivity contribution in [2.24, 2.45) is 5.10 Å². The van der Waals surface area contributed by atoms with Gasteiger partial charge in [0.25, 0.3) is 5.56 Å². The molecule has 6 rings (SSSR count). The van der Waals surface area contributed by atoms with Crippen molar-refractivity contribution in [3.05, 3.63) is 108 Å². The summed E-state index contributed by atoms with van der Waals surface area (Å²) >= 11 is 5.75. The summed E-state index contributed by atoms with van der Waals surface area (Å²) in [6.07, 6.45) is 7.23. The summed E-state index contributed by atoms with van der Waals surface area (Å²) in [5.41, 5.74) is 2.45. The number of ether oxygens (including phenoxy) is 2. The van der Waals surface area contributed by atoms with E-state index in [2.05, 4.69) is 62.8 Å². The zero-order valence-corrected chi connectivity index (χ0v) is 26.4. The predicted molar refractivity (Wildman–Crippen MR) is 177 cm³/mol. The van der Waals surface area contributed by atoms with Gasteiger partial charge in [0.1, 0.15) is 12.4 Å². The van der Waals surface area contributed by atoms with Gasteiger partial charge in [-0.05, 0) is 87.7 Å². The lowest BCUT2D eigenvalue weighted by Crippen LogP contribution is -2.25. The average molecular weight is 722 g/mol. The van der Waals surface area contributed by atoms with Gasteiger partial charge >= 0.3 is 0 Å². The molecule has 8 heteroatoms. The molecule has 0 N–H and O–H groups in total. The van der Waals surface area contributed by atoms with E-state index >= 15 is 0 Å². The molecular weight excluding hydrogens is 693 g/mol. The number of hydrogen-bond acceptors (Lipinski definition) is 5. The van der Waals surface area contributed by atoms with Crippen molar-refractivity contribution in [1.29, 1.82) is 0 Å². The van der Waals surface area contributed by atoms with Crippen LogP contribution in [0.1, 0.15) is 55.0 Å². The van der Waals surface area contributed by atoms with Gasteiger partial charge in [0.2, 0.25) is 0 Å². The minimum absolute atomic E-state index is 0.162. The third-order valence-electron chi connectivity index (χ3n) is 7.63. The Hall–Kier alpha value is -3.24. The smallest absolute Gasteiger partial charge is 0.282 e. The molecule has 1 saturated carbocycles. The van der Waals surface area contributed by atoms with Crippen molar-refractivity contribution in [3.63, 3.8) is 0 Å². The number of halogens is 2. The molecule has 0 bridgehead atoms. The Morgan fingerprint density at radius 3 is 2.66 bits per heavy atom. The molecule has 1 heterocycles. The van der Waals surface area contributed by atoms with Crippen LogP contribution in [0.15, 0.2) is 87.2 Å². The van der Waals surface area contributed by atoms with E-state index in [0.717, 1.165) is 50.7 Å². The summed E-state index contributed by atoms with van der Waals surface area (Å²) in [6.45, 7) is 0.416. The molecule has 5 aromatic rings. The van der Waals surface area contributed by atoms with Crippen molar-refractivity contribution in [2.45, 2.75) is 44.6 Å². The van der Waals surface area contributed by atoms with E-state index in [0.29, 0.717) is 29.0 Å². The van der Waals surface area contributed by atoms with Gasteiger partial charge in [-0.25, -0.2) is 4.98 Å². The SMILES string of the molecule is COc1cc(C=Nn2c(C3CCCCC3)nc3ccc(Br)cc3c2=O)cc(I)c1OCc1cccc2ccccc12. The molecule has 1 aliphatic carbocycles. The van der Waals surface area contributed by atoms with Gasteiger partial charge in [0, 0.05) is 10.4 Å². The molecule has 0 atom stereocenters. The van der Waals surface area contributed by atoms with E-state index in [1.165, 1.54) is 21.9 Å². The van der Waals surface area contributed by atoms with Gasteiger partial charge in [-0.3, -0.25) is 4.79 Å². The third-order valence-corrected chi connectivity index (χ3v) is 8.92. The van der Waals surface area contributed by atoms with Crippen molar-refractivity contribution in [1.82, 2.24) is 9.66 Å². The minimum Gasteiger partial charge on any atom is -0.493 e. The highest BCUT2D eigenvalue weighted by molar-refractivity contribution is 14.1. The maximum Gasteiger partial charge on any atom is 0.282 e. The number of rotatable bonds is 7. The van der Waals surface area contributed by atoms with Crippen molar-refractivity contribution >= 4 is 66.4 Å². The maximum absolute atomic E-state index is 13.7. The number of methoxy groups -OCH3 is 1. The van der Waals surface area contributed by atoms with E-state index in [9.17, 15) is 4.79 Å². The molecule has 1 aromatic heterocycles. The van der Waals surface area contributed by atoms with Gasteiger partial charge in [0.15, 0.2) is 11.5 Å². The normalized spacial score (nSPS) is 14.2. The fraction of sp³-hybridized carbons (Fsp3) is 0.242. The summed E-state index contributed by atoms with van der Waals surface area (Å²) in [4.78, 5) is 18.6. The first kappa shape index (κ1) is 27.9. The van der Waals surface area contributed by atoms with E-state index in [1.807, 2.05) is 48.5 Å². The quantitative estimate of drug-likeness (QED) is 0.125. The zero-order chi connectivity index (χ0) is 28.3. The van der Waals surface area contributed by atoms with E-state index in [-0.39, 0.29) is 11.5 Å². The second-order valence-corrected chi connectivity index (χ2v) is 12.4. The maximum atomic E-state index is 13.7. The number of fused-ring (bicyclic) bond motifs is 2. The predicted octanol–water partition coefficient (Wildman–Crippen LogP) is 8.43. The number of hydrogen-bond donors (Lipinski definition) is 0. The lowest BCUT2D eigenvalue weighted by Gasteiger charge is -2.22. The summed E-state index contributed by atoms with van der Waals surface area (Å²) in [7, 11) is 1.63. The van der Waals surface area contributed by atoms with E-state index in [4.69, 9.17) is 19.6 Å². The number of benzene rings is 4. The second-order valence-electron chi connectivity index (χ2n) is 10.3. The van der Waals surface area contributed by atoms with Crippen LogP contribution in [0, 0.1) is 3.57 Å². The highest BCUT2D eigenvalue weighted by Crippen LogP contribution is 2.35. The Morgan fingerprint density at radius 1 is 1.02 bits per heavy atom.